The first-order valence-corrected chi connectivity index (χ1v) is 13.3. The second-order valence-corrected chi connectivity index (χ2v) is 10.7. The molecule has 4 aliphatic rings. The van der Waals surface area contributed by atoms with Gasteiger partial charge in [0.1, 0.15) is 6.04 Å². The molecule has 1 aromatic carbocycles. The molecule has 1 unspecified atom stereocenters. The van der Waals surface area contributed by atoms with Crippen molar-refractivity contribution in [3.05, 3.63) is 34.9 Å². The summed E-state index contributed by atoms with van der Waals surface area (Å²) in [6.45, 7) is 3.39. The number of piperidine rings is 2. The van der Waals surface area contributed by atoms with Crippen molar-refractivity contribution < 1.29 is 19.2 Å². The van der Waals surface area contributed by atoms with Gasteiger partial charge in [-0.15, -0.1) is 0 Å². The Morgan fingerprint density at radius 3 is 2.31 bits per heavy atom. The summed E-state index contributed by atoms with van der Waals surface area (Å²) < 4.78 is 0. The second kappa shape index (κ2) is 10.6. The third kappa shape index (κ3) is 5.33. The number of carbonyl (C=O) groups excluding carboxylic acids is 4. The van der Waals surface area contributed by atoms with E-state index in [1.165, 1.54) is 38.5 Å². The van der Waals surface area contributed by atoms with Crippen molar-refractivity contribution in [3.8, 4) is 0 Å². The Balaban J connectivity index is 1.11. The number of imide groups is 2. The Morgan fingerprint density at radius 1 is 0.857 bits per heavy atom. The Morgan fingerprint density at radius 2 is 1.57 bits per heavy atom. The largest absolute Gasteiger partial charge is 0.317 e. The number of hydrogen-bond acceptors (Lipinski definition) is 6. The summed E-state index contributed by atoms with van der Waals surface area (Å²) >= 11 is 0. The molecule has 3 aliphatic heterocycles. The van der Waals surface area contributed by atoms with Gasteiger partial charge in [0.15, 0.2) is 0 Å². The van der Waals surface area contributed by atoms with Gasteiger partial charge in [0.05, 0.1) is 11.1 Å². The van der Waals surface area contributed by atoms with E-state index in [0.29, 0.717) is 23.1 Å². The number of benzene rings is 1. The summed E-state index contributed by atoms with van der Waals surface area (Å²) in [6.07, 6.45) is 9.81. The summed E-state index contributed by atoms with van der Waals surface area (Å²) in [5, 5.41) is 9.44. The predicted octanol–water partition coefficient (Wildman–Crippen LogP) is 2.17. The third-order valence-electron chi connectivity index (χ3n) is 8.35. The molecule has 1 aromatic rings. The highest BCUT2D eigenvalue weighted by Gasteiger charge is 2.44. The molecule has 188 valence electrons. The van der Waals surface area contributed by atoms with E-state index < -0.39 is 23.8 Å². The van der Waals surface area contributed by atoms with E-state index in [2.05, 4.69) is 16.0 Å². The molecule has 3 N–H and O–H groups in total. The van der Waals surface area contributed by atoms with Crippen molar-refractivity contribution in [1.82, 2.24) is 20.9 Å². The minimum absolute atomic E-state index is 0.130. The molecule has 0 radical (unpaired) electrons. The maximum atomic E-state index is 13.0. The molecule has 8 nitrogen and oxygen atoms in total. The molecule has 1 aliphatic carbocycles. The molecule has 3 heterocycles. The number of aryl methyl sites for hydroxylation is 1. The number of rotatable bonds is 7. The Bertz CT molecular complexity index is 995. The zero-order valence-electron chi connectivity index (χ0n) is 20.3. The number of amides is 4. The number of fused-ring (bicyclic) bond motifs is 1. The van der Waals surface area contributed by atoms with Crippen LogP contribution >= 0.6 is 0 Å². The Kier molecular flexibility index (Phi) is 7.29. The molecule has 1 saturated carbocycles. The quantitative estimate of drug-likeness (QED) is 0.517. The molecule has 8 heteroatoms. The zero-order valence-corrected chi connectivity index (χ0v) is 20.3. The van der Waals surface area contributed by atoms with Crippen LogP contribution in [0.5, 0.6) is 0 Å². The van der Waals surface area contributed by atoms with Gasteiger partial charge in [-0.2, -0.15) is 0 Å². The first-order valence-electron chi connectivity index (χ1n) is 13.3. The number of nitrogens with zero attached hydrogens (tertiary/aromatic N) is 1. The van der Waals surface area contributed by atoms with E-state index in [1.807, 2.05) is 12.1 Å². The molecule has 3 fully saturated rings. The van der Waals surface area contributed by atoms with Crippen molar-refractivity contribution in [2.24, 2.45) is 11.8 Å². The number of hydrogen-bond donors (Lipinski definition) is 3. The number of nitrogens with one attached hydrogen (secondary N) is 3. The minimum atomic E-state index is -0.914. The second-order valence-electron chi connectivity index (χ2n) is 10.7. The lowest BCUT2D eigenvalue weighted by atomic mass is 9.79. The van der Waals surface area contributed by atoms with Gasteiger partial charge in [0, 0.05) is 12.5 Å². The molecule has 35 heavy (non-hydrogen) atoms. The van der Waals surface area contributed by atoms with Crippen molar-refractivity contribution in [2.75, 3.05) is 19.6 Å². The van der Waals surface area contributed by atoms with Gasteiger partial charge in [-0.1, -0.05) is 18.9 Å². The lowest BCUT2D eigenvalue weighted by Gasteiger charge is -2.31. The maximum absolute atomic E-state index is 13.0. The highest BCUT2D eigenvalue weighted by Crippen LogP contribution is 2.33. The Hall–Kier alpha value is -2.58. The summed E-state index contributed by atoms with van der Waals surface area (Å²) in [4.78, 5) is 50.6. The van der Waals surface area contributed by atoms with Crippen molar-refractivity contribution in [2.45, 2.75) is 76.3 Å². The fourth-order valence-corrected chi connectivity index (χ4v) is 6.13. The van der Waals surface area contributed by atoms with Gasteiger partial charge in [-0.05, 0) is 94.1 Å². The average molecular weight is 481 g/mol. The predicted molar refractivity (Wildman–Crippen MR) is 131 cm³/mol. The Labute approximate surface area is 206 Å². The van der Waals surface area contributed by atoms with Crippen LogP contribution in [0.1, 0.15) is 84.1 Å². The topological polar surface area (TPSA) is 108 Å². The van der Waals surface area contributed by atoms with Crippen LogP contribution in [0, 0.1) is 11.8 Å². The van der Waals surface area contributed by atoms with Crippen LogP contribution in [0.25, 0.3) is 0 Å². The molecule has 0 aromatic heterocycles. The standard InChI is InChI=1S/C27H36N4O4/c32-24-10-9-23(25(33)30-24)31-26(34)21-8-7-18(15-22(21)27(31)35)4-1-17-2-5-19(6-3-17)16-29-20-11-13-28-14-12-20/h7-8,15,17,19-20,23,28-29H,1-6,9-14,16H2,(H,30,32,33). The molecule has 0 bridgehead atoms. The van der Waals surface area contributed by atoms with E-state index in [9.17, 15) is 19.2 Å². The molecular formula is C27H36N4O4. The number of carbonyl (C=O) groups is 4. The average Bonchev–Trinajstić information content (AvgIpc) is 3.12. The molecule has 2 saturated heterocycles. The van der Waals surface area contributed by atoms with E-state index in [4.69, 9.17) is 0 Å². The van der Waals surface area contributed by atoms with Crippen molar-refractivity contribution in [3.63, 3.8) is 0 Å². The summed E-state index contributed by atoms with van der Waals surface area (Å²) in [7, 11) is 0. The monoisotopic (exact) mass is 480 g/mol. The van der Waals surface area contributed by atoms with Gasteiger partial charge in [0.25, 0.3) is 11.8 Å². The van der Waals surface area contributed by atoms with Crippen LogP contribution in [-0.2, 0) is 16.0 Å². The third-order valence-corrected chi connectivity index (χ3v) is 8.35. The van der Waals surface area contributed by atoms with Crippen LogP contribution in [0.3, 0.4) is 0 Å². The highest BCUT2D eigenvalue weighted by molar-refractivity contribution is 6.23. The molecule has 0 spiro atoms. The van der Waals surface area contributed by atoms with Crippen LogP contribution in [0.4, 0.5) is 0 Å². The van der Waals surface area contributed by atoms with E-state index in [-0.39, 0.29) is 18.7 Å². The first kappa shape index (κ1) is 24.1. The fourth-order valence-electron chi connectivity index (χ4n) is 6.13. The summed E-state index contributed by atoms with van der Waals surface area (Å²) in [5.41, 5.74) is 1.79. The van der Waals surface area contributed by atoms with Gasteiger partial charge in [-0.3, -0.25) is 29.4 Å². The molecule has 4 amide bonds. The van der Waals surface area contributed by atoms with Crippen LogP contribution in [0.2, 0.25) is 0 Å². The van der Waals surface area contributed by atoms with Gasteiger partial charge in [-0.25, -0.2) is 0 Å². The first-order chi connectivity index (χ1) is 17.0. The minimum Gasteiger partial charge on any atom is -0.317 e. The summed E-state index contributed by atoms with van der Waals surface area (Å²) in [5.74, 6) is -0.320. The molecule has 1 atom stereocenters. The molecule has 5 rings (SSSR count). The zero-order chi connectivity index (χ0) is 24.4. The highest BCUT2D eigenvalue weighted by atomic mass is 16.2. The van der Waals surface area contributed by atoms with E-state index in [1.54, 1.807) is 6.07 Å². The maximum Gasteiger partial charge on any atom is 0.262 e. The van der Waals surface area contributed by atoms with E-state index >= 15 is 0 Å². The SMILES string of the molecule is O=C1CCC(N2C(=O)c3ccc(CCC4CCC(CNC5CCNCC5)CC4)cc3C2=O)C(=O)N1. The molecular weight excluding hydrogens is 444 g/mol. The normalized spacial score (nSPS) is 27.8. The smallest absolute Gasteiger partial charge is 0.262 e. The lowest BCUT2D eigenvalue weighted by molar-refractivity contribution is -0.136. The van der Waals surface area contributed by atoms with Crippen molar-refractivity contribution >= 4 is 23.6 Å². The lowest BCUT2D eigenvalue weighted by Crippen LogP contribution is -2.54. The fraction of sp³-hybridized carbons (Fsp3) is 0.630. The van der Waals surface area contributed by atoms with E-state index in [0.717, 1.165) is 48.9 Å². The van der Waals surface area contributed by atoms with Gasteiger partial charge >= 0.3 is 0 Å². The van der Waals surface area contributed by atoms with Crippen LogP contribution < -0.4 is 16.0 Å². The van der Waals surface area contributed by atoms with Gasteiger partial charge in [0.2, 0.25) is 11.8 Å². The van der Waals surface area contributed by atoms with Crippen LogP contribution in [-0.4, -0.2) is 60.2 Å². The summed E-state index contributed by atoms with van der Waals surface area (Å²) in [6, 6.07) is 5.25. The van der Waals surface area contributed by atoms with Crippen molar-refractivity contribution in [1.29, 1.82) is 0 Å². The van der Waals surface area contributed by atoms with Crippen LogP contribution in [0.15, 0.2) is 18.2 Å². The van der Waals surface area contributed by atoms with Gasteiger partial charge < -0.3 is 10.6 Å².